The number of rotatable bonds is 3. The fraction of sp³-hybridized carbons (Fsp3) is 0.350. The van der Waals surface area contributed by atoms with E-state index < -0.39 is 11.6 Å². The number of pyridine rings is 1. The lowest BCUT2D eigenvalue weighted by atomic mass is 10.1. The molecule has 9 nitrogen and oxygen atoms in total. The van der Waals surface area contributed by atoms with Crippen LogP contribution < -0.4 is 21.9 Å². The number of carbonyl (C=O) groups is 2. The number of hydrogen-bond acceptors (Lipinski definition) is 7. The van der Waals surface area contributed by atoms with E-state index in [1.807, 2.05) is 6.92 Å². The highest BCUT2D eigenvalue weighted by Crippen LogP contribution is 2.39. The molecule has 5 rings (SSSR count). The Labute approximate surface area is 175 Å². The highest BCUT2D eigenvalue weighted by atomic mass is 32.1. The van der Waals surface area contributed by atoms with Crippen molar-refractivity contribution in [3.63, 3.8) is 0 Å². The maximum atomic E-state index is 13.5. The van der Waals surface area contributed by atoms with Crippen molar-refractivity contribution in [2.45, 2.75) is 45.2 Å². The summed E-state index contributed by atoms with van der Waals surface area (Å²) >= 11 is 1.20. The van der Waals surface area contributed by atoms with Crippen LogP contribution in [0.15, 0.2) is 17.2 Å². The number of fused-ring (bicyclic) bond motifs is 3. The summed E-state index contributed by atoms with van der Waals surface area (Å²) in [5.74, 6) is -0.305. The molecule has 1 fully saturated rings. The standard InChI is InChI=1S/C20H20N6O3S/c1-9-7-11(19(29)26-13(9)17(28)25-20(26)5-3-4-6-20)24-16-12-10(2)14(15(21)27)30-18(12)23-8-22-16/h7-8H,3-6H2,1-2H3,(H2,21,27)(H,25,28)(H,22,23,24). The molecule has 3 aromatic rings. The molecule has 2 aliphatic rings. The Morgan fingerprint density at radius 3 is 2.70 bits per heavy atom. The van der Waals surface area contributed by atoms with Crippen molar-refractivity contribution < 1.29 is 9.59 Å². The van der Waals surface area contributed by atoms with Gasteiger partial charge in [0.1, 0.15) is 34.0 Å². The van der Waals surface area contributed by atoms with Crippen LogP contribution >= 0.6 is 11.3 Å². The maximum absolute atomic E-state index is 13.5. The van der Waals surface area contributed by atoms with Gasteiger partial charge in [-0.3, -0.25) is 19.0 Å². The predicted molar refractivity (Wildman–Crippen MR) is 113 cm³/mol. The summed E-state index contributed by atoms with van der Waals surface area (Å²) in [6.07, 6.45) is 4.77. The third kappa shape index (κ3) is 2.49. The van der Waals surface area contributed by atoms with Gasteiger partial charge in [0, 0.05) is 0 Å². The van der Waals surface area contributed by atoms with Gasteiger partial charge in [0.05, 0.1) is 10.3 Å². The van der Waals surface area contributed by atoms with E-state index in [-0.39, 0.29) is 11.5 Å². The highest BCUT2D eigenvalue weighted by Gasteiger charge is 2.46. The number of primary amides is 1. The third-order valence-electron chi connectivity index (χ3n) is 6.02. The molecule has 0 aromatic carbocycles. The number of nitrogens with one attached hydrogen (secondary N) is 2. The number of anilines is 2. The highest BCUT2D eigenvalue weighted by molar-refractivity contribution is 7.20. The van der Waals surface area contributed by atoms with Gasteiger partial charge >= 0.3 is 0 Å². The zero-order valence-corrected chi connectivity index (χ0v) is 17.4. The lowest BCUT2D eigenvalue weighted by molar-refractivity contribution is 0.0919. The normalized spacial score (nSPS) is 16.8. The van der Waals surface area contributed by atoms with Crippen LogP contribution in [0.2, 0.25) is 0 Å². The molecule has 1 aliphatic heterocycles. The summed E-state index contributed by atoms with van der Waals surface area (Å²) in [7, 11) is 0. The van der Waals surface area contributed by atoms with Crippen LogP contribution in [-0.4, -0.2) is 26.3 Å². The first kappa shape index (κ1) is 18.7. The molecule has 0 unspecified atom stereocenters. The van der Waals surface area contributed by atoms with Crippen molar-refractivity contribution in [1.82, 2.24) is 19.9 Å². The van der Waals surface area contributed by atoms with E-state index in [1.54, 1.807) is 17.6 Å². The molecule has 0 bridgehead atoms. The fourth-order valence-electron chi connectivity index (χ4n) is 4.69. The van der Waals surface area contributed by atoms with Crippen molar-refractivity contribution in [3.8, 4) is 0 Å². The van der Waals surface area contributed by atoms with Crippen molar-refractivity contribution in [1.29, 1.82) is 0 Å². The minimum atomic E-state index is -0.648. The van der Waals surface area contributed by atoms with E-state index >= 15 is 0 Å². The summed E-state index contributed by atoms with van der Waals surface area (Å²) in [5.41, 5.74) is 6.68. The number of nitrogens with two attached hydrogens (primary N) is 1. The van der Waals surface area contributed by atoms with E-state index in [4.69, 9.17) is 5.73 Å². The average Bonchev–Trinajstić information content (AvgIpc) is 3.37. The Morgan fingerprint density at radius 1 is 1.27 bits per heavy atom. The molecule has 0 radical (unpaired) electrons. The van der Waals surface area contributed by atoms with Gasteiger partial charge in [-0.15, -0.1) is 11.3 Å². The molecular formula is C20H20N6O3S. The number of aromatic nitrogens is 3. The van der Waals surface area contributed by atoms with Crippen molar-refractivity contribution in [2.75, 3.05) is 5.32 Å². The van der Waals surface area contributed by atoms with E-state index in [2.05, 4.69) is 20.6 Å². The molecule has 0 saturated heterocycles. The summed E-state index contributed by atoms with van der Waals surface area (Å²) in [6.45, 7) is 3.60. The topological polar surface area (TPSA) is 132 Å². The maximum Gasteiger partial charge on any atom is 0.276 e. The largest absolute Gasteiger partial charge is 0.365 e. The number of nitrogens with zero attached hydrogens (tertiary/aromatic N) is 3. The van der Waals surface area contributed by atoms with Crippen LogP contribution in [0.5, 0.6) is 0 Å². The number of amides is 2. The van der Waals surface area contributed by atoms with Crippen LogP contribution in [0, 0.1) is 13.8 Å². The monoisotopic (exact) mass is 424 g/mol. The van der Waals surface area contributed by atoms with Crippen LogP contribution in [-0.2, 0) is 5.66 Å². The molecular weight excluding hydrogens is 404 g/mol. The van der Waals surface area contributed by atoms with E-state index in [0.717, 1.165) is 25.7 Å². The molecule has 1 aliphatic carbocycles. The van der Waals surface area contributed by atoms with Gasteiger partial charge in [0.2, 0.25) is 0 Å². The van der Waals surface area contributed by atoms with Gasteiger partial charge in [-0.2, -0.15) is 0 Å². The zero-order chi connectivity index (χ0) is 21.2. The molecule has 10 heteroatoms. The van der Waals surface area contributed by atoms with E-state index in [0.29, 0.717) is 43.4 Å². The van der Waals surface area contributed by atoms with Crippen LogP contribution in [0.25, 0.3) is 10.2 Å². The van der Waals surface area contributed by atoms with Gasteiger partial charge in [-0.25, -0.2) is 9.97 Å². The van der Waals surface area contributed by atoms with Crippen LogP contribution in [0.4, 0.5) is 11.5 Å². The molecule has 3 aromatic heterocycles. The lowest BCUT2D eigenvalue weighted by Gasteiger charge is -2.26. The number of aryl methyl sites for hydroxylation is 2. The molecule has 0 atom stereocenters. The smallest absolute Gasteiger partial charge is 0.276 e. The Balaban J connectivity index is 1.68. The Morgan fingerprint density at radius 2 is 2.00 bits per heavy atom. The number of carbonyl (C=O) groups excluding carboxylic acids is 2. The molecule has 2 amide bonds. The fourth-order valence-corrected chi connectivity index (χ4v) is 5.69. The molecule has 1 saturated carbocycles. The van der Waals surface area contributed by atoms with E-state index in [9.17, 15) is 14.4 Å². The summed E-state index contributed by atoms with van der Waals surface area (Å²) in [4.78, 5) is 47.4. The van der Waals surface area contributed by atoms with Crippen LogP contribution in [0.1, 0.15) is 57.0 Å². The molecule has 4 heterocycles. The van der Waals surface area contributed by atoms with Gasteiger partial charge in [-0.05, 0) is 56.7 Å². The third-order valence-corrected chi connectivity index (χ3v) is 7.23. The second-order valence-electron chi connectivity index (χ2n) is 7.87. The second-order valence-corrected chi connectivity index (χ2v) is 8.87. The van der Waals surface area contributed by atoms with Gasteiger partial charge in [0.15, 0.2) is 0 Å². The van der Waals surface area contributed by atoms with Gasteiger partial charge in [0.25, 0.3) is 17.4 Å². The first-order valence-electron chi connectivity index (χ1n) is 9.73. The Bertz CT molecular complexity index is 1300. The van der Waals surface area contributed by atoms with Crippen molar-refractivity contribution >= 4 is 44.9 Å². The molecule has 1 spiro atoms. The van der Waals surface area contributed by atoms with Crippen molar-refractivity contribution in [3.05, 3.63) is 44.4 Å². The molecule has 30 heavy (non-hydrogen) atoms. The van der Waals surface area contributed by atoms with Crippen LogP contribution in [0.3, 0.4) is 0 Å². The van der Waals surface area contributed by atoms with Gasteiger partial charge < -0.3 is 16.4 Å². The Hall–Kier alpha value is -3.27. The summed E-state index contributed by atoms with van der Waals surface area (Å²) in [6, 6.07) is 1.67. The summed E-state index contributed by atoms with van der Waals surface area (Å²) in [5, 5.41) is 6.83. The molecule has 154 valence electrons. The number of hydrogen-bond donors (Lipinski definition) is 3. The Kier molecular flexibility index (Phi) is 3.97. The molecule has 4 N–H and O–H groups in total. The second kappa shape index (κ2) is 6.36. The zero-order valence-electron chi connectivity index (χ0n) is 16.5. The van der Waals surface area contributed by atoms with Crippen molar-refractivity contribution in [2.24, 2.45) is 5.73 Å². The first-order chi connectivity index (χ1) is 14.3. The predicted octanol–water partition coefficient (Wildman–Crippen LogP) is 2.28. The minimum absolute atomic E-state index is 0.206. The SMILES string of the molecule is Cc1cc(Nc2ncnc3sc(C(N)=O)c(C)c23)c(=O)n2c1C(=O)NC21CCCC1. The van der Waals surface area contributed by atoms with E-state index in [1.165, 1.54) is 17.7 Å². The first-order valence-corrected chi connectivity index (χ1v) is 10.5. The van der Waals surface area contributed by atoms with Gasteiger partial charge in [-0.1, -0.05) is 0 Å². The average molecular weight is 424 g/mol. The summed E-state index contributed by atoms with van der Waals surface area (Å²) < 4.78 is 1.62. The lowest BCUT2D eigenvalue weighted by Crippen LogP contribution is -2.45. The quantitative estimate of drug-likeness (QED) is 0.591. The number of thiophene rings is 1. The minimum Gasteiger partial charge on any atom is -0.365 e.